The Balaban J connectivity index is 2.42. The fraction of sp³-hybridized carbons (Fsp3) is 0.600. The summed E-state index contributed by atoms with van der Waals surface area (Å²) in [6.07, 6.45) is 2.04. The van der Waals surface area contributed by atoms with Gasteiger partial charge in [0, 0.05) is 13.1 Å². The van der Waals surface area contributed by atoms with E-state index < -0.39 is 10.0 Å². The van der Waals surface area contributed by atoms with E-state index in [0.29, 0.717) is 23.9 Å². The van der Waals surface area contributed by atoms with Crippen LogP contribution >= 0.6 is 0 Å². The minimum atomic E-state index is -3.40. The molecule has 1 heterocycles. The largest absolute Gasteiger partial charge is 0.496 e. The monoisotopic (exact) mass is 297 g/mol. The first-order valence-corrected chi connectivity index (χ1v) is 8.46. The first-order chi connectivity index (χ1) is 9.37. The average Bonchev–Trinajstić information content (AvgIpc) is 2.41. The zero-order chi connectivity index (χ0) is 14.9. The summed E-state index contributed by atoms with van der Waals surface area (Å²) >= 11 is 0. The molecule has 1 aliphatic heterocycles. The maximum Gasteiger partial charge on any atom is 0.243 e. The number of hydrogen-bond donors (Lipinski definition) is 0. The smallest absolute Gasteiger partial charge is 0.243 e. The van der Waals surface area contributed by atoms with Crippen LogP contribution in [-0.2, 0) is 10.0 Å². The van der Waals surface area contributed by atoms with Gasteiger partial charge in [-0.1, -0.05) is 6.92 Å². The number of piperidine rings is 1. The fourth-order valence-electron chi connectivity index (χ4n) is 2.78. The summed E-state index contributed by atoms with van der Waals surface area (Å²) in [6.45, 7) is 7.09. The summed E-state index contributed by atoms with van der Waals surface area (Å²) in [4.78, 5) is 0.407. The van der Waals surface area contributed by atoms with E-state index in [2.05, 4.69) is 6.92 Å². The molecule has 0 radical (unpaired) electrons. The summed E-state index contributed by atoms with van der Waals surface area (Å²) < 4.78 is 32.4. The molecule has 1 unspecified atom stereocenters. The van der Waals surface area contributed by atoms with E-state index in [1.165, 1.54) is 0 Å². The molecule has 1 aromatic carbocycles. The normalized spacial score (nSPS) is 20.9. The van der Waals surface area contributed by atoms with E-state index in [-0.39, 0.29) is 0 Å². The van der Waals surface area contributed by atoms with Gasteiger partial charge in [0.25, 0.3) is 0 Å². The average molecular weight is 297 g/mol. The van der Waals surface area contributed by atoms with Crippen molar-refractivity contribution >= 4 is 10.0 Å². The lowest BCUT2D eigenvalue weighted by Crippen LogP contribution is -2.39. The third-order valence-electron chi connectivity index (χ3n) is 4.15. The quantitative estimate of drug-likeness (QED) is 0.862. The Bertz CT molecular complexity index is 595. The predicted molar refractivity (Wildman–Crippen MR) is 79.6 cm³/mol. The number of benzene rings is 1. The summed E-state index contributed by atoms with van der Waals surface area (Å²) in [7, 11) is -1.80. The number of sulfonamides is 1. The highest BCUT2D eigenvalue weighted by atomic mass is 32.2. The van der Waals surface area contributed by atoms with Crippen LogP contribution in [0.25, 0.3) is 0 Å². The van der Waals surface area contributed by atoms with Crippen molar-refractivity contribution in [3.63, 3.8) is 0 Å². The number of rotatable bonds is 3. The van der Waals surface area contributed by atoms with Crippen molar-refractivity contribution in [1.29, 1.82) is 0 Å². The second-order valence-electron chi connectivity index (χ2n) is 5.63. The molecule has 1 saturated heterocycles. The van der Waals surface area contributed by atoms with Gasteiger partial charge >= 0.3 is 0 Å². The molecule has 112 valence electrons. The van der Waals surface area contributed by atoms with Crippen molar-refractivity contribution in [1.82, 2.24) is 4.31 Å². The topological polar surface area (TPSA) is 46.6 Å². The lowest BCUT2D eigenvalue weighted by atomic mass is 10.0. The lowest BCUT2D eigenvalue weighted by Gasteiger charge is -2.30. The fourth-order valence-corrected chi connectivity index (χ4v) is 4.65. The Labute approximate surface area is 121 Å². The van der Waals surface area contributed by atoms with Gasteiger partial charge in [0.1, 0.15) is 5.75 Å². The van der Waals surface area contributed by atoms with Crippen molar-refractivity contribution in [3.05, 3.63) is 23.3 Å². The van der Waals surface area contributed by atoms with Gasteiger partial charge in [-0.15, -0.1) is 0 Å². The van der Waals surface area contributed by atoms with E-state index in [9.17, 15) is 8.42 Å². The highest BCUT2D eigenvalue weighted by Gasteiger charge is 2.30. The van der Waals surface area contributed by atoms with Crippen molar-refractivity contribution in [2.24, 2.45) is 5.92 Å². The molecule has 1 aliphatic rings. The van der Waals surface area contributed by atoms with Gasteiger partial charge in [-0.25, -0.2) is 8.42 Å². The van der Waals surface area contributed by atoms with Crippen LogP contribution in [0, 0.1) is 19.8 Å². The molecule has 1 atom stereocenters. The van der Waals surface area contributed by atoms with Crippen LogP contribution in [0.2, 0.25) is 0 Å². The third-order valence-corrected chi connectivity index (χ3v) is 6.15. The van der Waals surface area contributed by atoms with E-state index in [1.54, 1.807) is 23.5 Å². The van der Waals surface area contributed by atoms with Crippen molar-refractivity contribution < 1.29 is 13.2 Å². The molecule has 0 N–H and O–H groups in total. The molecule has 2 rings (SSSR count). The molecule has 1 aromatic rings. The molecule has 0 aromatic heterocycles. The minimum absolute atomic E-state index is 0.407. The second-order valence-corrected chi connectivity index (χ2v) is 7.53. The van der Waals surface area contributed by atoms with Gasteiger partial charge in [0.15, 0.2) is 0 Å². The van der Waals surface area contributed by atoms with Crippen LogP contribution in [0.1, 0.15) is 30.9 Å². The summed E-state index contributed by atoms with van der Waals surface area (Å²) in [5, 5.41) is 0. The van der Waals surface area contributed by atoms with Crippen LogP contribution in [0.5, 0.6) is 5.75 Å². The van der Waals surface area contributed by atoms with Crippen LogP contribution < -0.4 is 4.74 Å². The highest BCUT2D eigenvalue weighted by Crippen LogP contribution is 2.30. The van der Waals surface area contributed by atoms with E-state index in [1.807, 2.05) is 13.8 Å². The molecule has 0 aliphatic carbocycles. The van der Waals surface area contributed by atoms with Crippen molar-refractivity contribution in [2.45, 2.75) is 38.5 Å². The van der Waals surface area contributed by atoms with Gasteiger partial charge in [-0.2, -0.15) is 4.31 Å². The summed E-state index contributed by atoms with van der Waals surface area (Å²) in [5.74, 6) is 1.16. The maximum absolute atomic E-state index is 12.8. The Kier molecular flexibility index (Phi) is 4.39. The number of nitrogens with zero attached hydrogens (tertiary/aromatic N) is 1. The van der Waals surface area contributed by atoms with Crippen LogP contribution in [0.15, 0.2) is 17.0 Å². The predicted octanol–water partition coefficient (Wildman–Crippen LogP) is 2.73. The Hall–Kier alpha value is -1.07. The molecule has 1 fully saturated rings. The third kappa shape index (κ3) is 2.69. The molecule has 0 saturated carbocycles. The van der Waals surface area contributed by atoms with E-state index in [4.69, 9.17) is 4.74 Å². The molecule has 0 amide bonds. The van der Waals surface area contributed by atoms with Gasteiger partial charge in [-0.05, 0) is 55.9 Å². The van der Waals surface area contributed by atoms with Gasteiger partial charge in [-0.3, -0.25) is 0 Å². The zero-order valence-corrected chi connectivity index (χ0v) is 13.5. The van der Waals surface area contributed by atoms with Gasteiger partial charge < -0.3 is 4.74 Å². The number of hydrogen-bond acceptors (Lipinski definition) is 3. The molecule has 0 bridgehead atoms. The minimum Gasteiger partial charge on any atom is -0.496 e. The maximum atomic E-state index is 12.8. The molecule has 4 nitrogen and oxygen atoms in total. The SMILES string of the molecule is COc1ccc(S(=O)(=O)N2CCCC(C)C2)c(C)c1C. The Morgan fingerprint density at radius 3 is 2.55 bits per heavy atom. The molecular weight excluding hydrogens is 274 g/mol. The Morgan fingerprint density at radius 2 is 1.95 bits per heavy atom. The lowest BCUT2D eigenvalue weighted by molar-refractivity contribution is 0.281. The first-order valence-electron chi connectivity index (χ1n) is 7.02. The first kappa shape index (κ1) is 15.3. The van der Waals surface area contributed by atoms with Crippen LogP contribution in [0.4, 0.5) is 0 Å². The Morgan fingerprint density at radius 1 is 1.25 bits per heavy atom. The van der Waals surface area contributed by atoms with E-state index in [0.717, 1.165) is 29.7 Å². The molecule has 0 spiro atoms. The van der Waals surface area contributed by atoms with Gasteiger partial charge in [0.05, 0.1) is 12.0 Å². The summed E-state index contributed by atoms with van der Waals surface area (Å²) in [5.41, 5.74) is 1.67. The number of methoxy groups -OCH3 is 1. The molecule has 5 heteroatoms. The van der Waals surface area contributed by atoms with E-state index >= 15 is 0 Å². The molecular formula is C15H23NO3S. The zero-order valence-electron chi connectivity index (χ0n) is 12.6. The highest BCUT2D eigenvalue weighted by molar-refractivity contribution is 7.89. The van der Waals surface area contributed by atoms with Gasteiger partial charge in [0.2, 0.25) is 10.0 Å². The van der Waals surface area contributed by atoms with Crippen molar-refractivity contribution in [3.8, 4) is 5.75 Å². The summed E-state index contributed by atoms with van der Waals surface area (Å²) in [6, 6.07) is 3.40. The van der Waals surface area contributed by atoms with Crippen molar-refractivity contribution in [2.75, 3.05) is 20.2 Å². The van der Waals surface area contributed by atoms with Crippen LogP contribution in [0.3, 0.4) is 0 Å². The standard InChI is InChI=1S/C15H23NO3S/c1-11-6-5-9-16(10-11)20(17,18)15-8-7-14(19-4)12(2)13(15)3/h7-8,11H,5-6,9-10H2,1-4H3. The molecule has 20 heavy (non-hydrogen) atoms. The van der Waals surface area contributed by atoms with Crippen LogP contribution in [-0.4, -0.2) is 32.9 Å². The second kappa shape index (κ2) is 5.74. The number of ether oxygens (including phenoxy) is 1.